The molecule has 0 aromatic carbocycles. The van der Waals surface area contributed by atoms with Crippen molar-refractivity contribution in [2.45, 2.75) is 6.42 Å². The number of urea groups is 1. The molecule has 0 heterocycles. The summed E-state index contributed by atoms with van der Waals surface area (Å²) in [5.41, 5.74) is 6.50. The zero-order valence-corrected chi connectivity index (χ0v) is 6.48. The van der Waals surface area contributed by atoms with E-state index in [0.717, 1.165) is 13.0 Å². The van der Waals surface area contributed by atoms with Gasteiger partial charge in [-0.05, 0) is 27.1 Å². The Hall–Kier alpha value is -0.770. The summed E-state index contributed by atoms with van der Waals surface area (Å²) in [4.78, 5) is 12.1. The highest BCUT2D eigenvalue weighted by molar-refractivity contribution is 5.70. The maximum atomic E-state index is 10.0. The molecule has 1 radical (unpaired) electrons. The van der Waals surface area contributed by atoms with Crippen LogP contribution < -0.4 is 11.1 Å². The van der Waals surface area contributed by atoms with Crippen LogP contribution >= 0.6 is 0 Å². The van der Waals surface area contributed by atoms with Crippen molar-refractivity contribution in [3.63, 3.8) is 0 Å². The van der Waals surface area contributed by atoms with Gasteiger partial charge in [-0.1, -0.05) is 0 Å². The standard InChI is InChI=1S/C6H14N3O/c1-9(2)5-3-4-8-6(7)10/h7H,3-5H2,1-2H3,(H,8,10). The number of nitrogens with zero attached hydrogens (tertiary/aromatic N) is 1. The van der Waals surface area contributed by atoms with Crippen LogP contribution in [-0.4, -0.2) is 38.1 Å². The predicted octanol–water partition coefficient (Wildman–Crippen LogP) is -0.0694. The van der Waals surface area contributed by atoms with Gasteiger partial charge in [-0.15, -0.1) is 0 Å². The van der Waals surface area contributed by atoms with E-state index < -0.39 is 6.03 Å². The second-order valence-electron chi connectivity index (χ2n) is 2.41. The lowest BCUT2D eigenvalue weighted by molar-refractivity contribution is 0.247. The van der Waals surface area contributed by atoms with Gasteiger partial charge in [0.1, 0.15) is 0 Å². The molecule has 0 atom stereocenters. The van der Waals surface area contributed by atoms with E-state index in [1.807, 2.05) is 19.0 Å². The van der Waals surface area contributed by atoms with Crippen molar-refractivity contribution in [2.75, 3.05) is 27.2 Å². The van der Waals surface area contributed by atoms with Crippen molar-refractivity contribution < 1.29 is 4.79 Å². The monoisotopic (exact) mass is 144 g/mol. The lowest BCUT2D eigenvalue weighted by Crippen LogP contribution is -2.26. The normalized spacial score (nSPS) is 9.90. The summed E-state index contributed by atoms with van der Waals surface area (Å²) >= 11 is 0. The zero-order valence-electron chi connectivity index (χ0n) is 6.48. The third-order valence-electron chi connectivity index (χ3n) is 1.07. The number of rotatable bonds is 4. The van der Waals surface area contributed by atoms with Gasteiger partial charge in [-0.2, -0.15) is 0 Å². The first-order valence-electron chi connectivity index (χ1n) is 3.27. The summed E-state index contributed by atoms with van der Waals surface area (Å²) in [5, 5.41) is 2.40. The molecule has 0 unspecified atom stereocenters. The molecule has 0 bridgehead atoms. The van der Waals surface area contributed by atoms with Gasteiger partial charge in [0.05, 0.1) is 0 Å². The average molecular weight is 144 g/mol. The second kappa shape index (κ2) is 5.05. The molecule has 4 heteroatoms. The Morgan fingerprint density at radius 1 is 1.60 bits per heavy atom. The largest absolute Gasteiger partial charge is 0.337 e. The van der Waals surface area contributed by atoms with E-state index in [4.69, 9.17) is 5.73 Å². The van der Waals surface area contributed by atoms with Crippen LogP contribution in [0.5, 0.6) is 0 Å². The summed E-state index contributed by atoms with van der Waals surface area (Å²) in [6, 6.07) is -0.696. The summed E-state index contributed by atoms with van der Waals surface area (Å²) in [7, 11) is 3.95. The fourth-order valence-electron chi connectivity index (χ4n) is 0.597. The van der Waals surface area contributed by atoms with Gasteiger partial charge in [0.2, 0.25) is 0 Å². The van der Waals surface area contributed by atoms with Gasteiger partial charge in [-0.3, -0.25) is 0 Å². The van der Waals surface area contributed by atoms with Crippen LogP contribution in [0.4, 0.5) is 4.79 Å². The smallest absolute Gasteiger partial charge is 0.333 e. The van der Waals surface area contributed by atoms with Crippen LogP contribution in [0.3, 0.4) is 0 Å². The maximum absolute atomic E-state index is 10.0. The Balaban J connectivity index is 2.98. The fourth-order valence-corrected chi connectivity index (χ4v) is 0.597. The molecule has 4 nitrogen and oxygen atoms in total. The van der Waals surface area contributed by atoms with Gasteiger partial charge >= 0.3 is 6.03 Å². The number of hydrogen-bond donors (Lipinski definition) is 1. The van der Waals surface area contributed by atoms with Gasteiger partial charge in [-0.25, -0.2) is 10.5 Å². The predicted molar refractivity (Wildman–Crippen MR) is 39.7 cm³/mol. The Labute approximate surface area is 61.4 Å². The fraction of sp³-hybridized carbons (Fsp3) is 0.833. The zero-order chi connectivity index (χ0) is 7.98. The van der Waals surface area contributed by atoms with Crippen LogP contribution in [0.25, 0.3) is 0 Å². The highest BCUT2D eigenvalue weighted by atomic mass is 16.2. The molecule has 0 aliphatic rings. The van der Waals surface area contributed by atoms with Gasteiger partial charge in [0.25, 0.3) is 0 Å². The first-order chi connectivity index (χ1) is 4.63. The number of carbonyl (C=O) groups excluding carboxylic acids is 1. The maximum Gasteiger partial charge on any atom is 0.333 e. The Morgan fingerprint density at radius 3 is 2.60 bits per heavy atom. The van der Waals surface area contributed by atoms with Crippen LogP contribution in [0, 0.1) is 0 Å². The molecule has 0 saturated heterocycles. The van der Waals surface area contributed by atoms with Crippen molar-refractivity contribution in [2.24, 2.45) is 0 Å². The third kappa shape index (κ3) is 7.23. The van der Waals surface area contributed by atoms with E-state index >= 15 is 0 Å². The van der Waals surface area contributed by atoms with Crippen molar-refractivity contribution >= 4 is 6.03 Å². The quantitative estimate of drug-likeness (QED) is 0.561. The molecule has 0 aliphatic carbocycles. The van der Waals surface area contributed by atoms with E-state index in [-0.39, 0.29) is 0 Å². The summed E-state index contributed by atoms with van der Waals surface area (Å²) in [5.74, 6) is 0. The summed E-state index contributed by atoms with van der Waals surface area (Å²) in [6.07, 6.45) is 0.900. The molecular formula is C6H14N3O. The molecule has 10 heavy (non-hydrogen) atoms. The lowest BCUT2D eigenvalue weighted by Gasteiger charge is -2.08. The Morgan fingerprint density at radius 2 is 2.20 bits per heavy atom. The van der Waals surface area contributed by atoms with E-state index in [1.54, 1.807) is 0 Å². The molecule has 2 amide bonds. The minimum Gasteiger partial charge on any atom is -0.337 e. The van der Waals surface area contributed by atoms with Gasteiger partial charge in [0, 0.05) is 6.54 Å². The van der Waals surface area contributed by atoms with Crippen molar-refractivity contribution in [1.82, 2.24) is 16.0 Å². The van der Waals surface area contributed by atoms with E-state index in [1.165, 1.54) is 0 Å². The molecule has 0 aliphatic heterocycles. The third-order valence-corrected chi connectivity index (χ3v) is 1.07. The number of amides is 2. The number of carbonyl (C=O) groups is 1. The minimum absolute atomic E-state index is 0.598. The van der Waals surface area contributed by atoms with Crippen LogP contribution in [-0.2, 0) is 0 Å². The van der Waals surface area contributed by atoms with Crippen molar-refractivity contribution in [3.05, 3.63) is 0 Å². The van der Waals surface area contributed by atoms with E-state index in [0.29, 0.717) is 6.54 Å². The van der Waals surface area contributed by atoms with Crippen LogP contribution in [0.15, 0.2) is 0 Å². The number of hydrogen-bond acceptors (Lipinski definition) is 2. The summed E-state index contributed by atoms with van der Waals surface area (Å²) < 4.78 is 0. The number of nitrogens with one attached hydrogen (secondary N) is 2. The van der Waals surface area contributed by atoms with Crippen molar-refractivity contribution in [1.29, 1.82) is 0 Å². The SMILES string of the molecule is CN(C)CCCNC([NH])=O. The van der Waals surface area contributed by atoms with E-state index in [9.17, 15) is 4.79 Å². The van der Waals surface area contributed by atoms with Crippen molar-refractivity contribution in [3.8, 4) is 0 Å². The lowest BCUT2D eigenvalue weighted by atomic mass is 10.4. The topological polar surface area (TPSA) is 56.1 Å². The highest BCUT2D eigenvalue weighted by Crippen LogP contribution is 1.79. The van der Waals surface area contributed by atoms with Gasteiger partial charge < -0.3 is 10.2 Å². The molecule has 0 aromatic heterocycles. The molecular weight excluding hydrogens is 130 g/mol. The second-order valence-corrected chi connectivity index (χ2v) is 2.41. The van der Waals surface area contributed by atoms with Crippen LogP contribution in [0.1, 0.15) is 6.42 Å². The first kappa shape index (κ1) is 9.23. The van der Waals surface area contributed by atoms with Gasteiger partial charge in [0.15, 0.2) is 0 Å². The average Bonchev–Trinajstić information content (AvgIpc) is 1.79. The molecule has 2 N–H and O–H groups in total. The van der Waals surface area contributed by atoms with Crippen LogP contribution in [0.2, 0.25) is 0 Å². The minimum atomic E-state index is -0.696. The Kier molecular flexibility index (Phi) is 4.66. The molecule has 0 saturated carbocycles. The molecule has 0 spiro atoms. The first-order valence-corrected chi connectivity index (χ1v) is 3.27. The van der Waals surface area contributed by atoms with E-state index in [2.05, 4.69) is 5.32 Å². The Bertz CT molecular complexity index is 103. The molecule has 0 rings (SSSR count). The molecule has 0 aromatic rings. The summed E-state index contributed by atoms with van der Waals surface area (Å²) in [6.45, 7) is 1.54. The highest BCUT2D eigenvalue weighted by Gasteiger charge is 1.92. The molecule has 0 fully saturated rings. The molecule has 59 valence electrons.